The molecule has 0 bridgehead atoms. The number of nitrogens with zero attached hydrogens (tertiary/aromatic N) is 3. The summed E-state index contributed by atoms with van der Waals surface area (Å²) in [5.74, 6) is 0.843. The monoisotopic (exact) mass is 353 g/mol. The number of aliphatic imine (C=N–C) groups is 1. The highest BCUT2D eigenvalue weighted by molar-refractivity contribution is 6.29. The lowest BCUT2D eigenvalue weighted by Gasteiger charge is -2.25. The van der Waals surface area contributed by atoms with Gasteiger partial charge >= 0.3 is 0 Å². The van der Waals surface area contributed by atoms with E-state index in [-0.39, 0.29) is 0 Å². The summed E-state index contributed by atoms with van der Waals surface area (Å²) in [6.07, 6.45) is 5.18. The van der Waals surface area contributed by atoms with E-state index >= 15 is 0 Å². The first-order valence-electron chi connectivity index (χ1n) is 8.51. The fraction of sp³-hybridized carbons (Fsp3) is 0.647. The molecule has 1 aromatic heterocycles. The average molecular weight is 354 g/mol. The van der Waals surface area contributed by atoms with E-state index in [1.54, 1.807) is 14.2 Å². The van der Waals surface area contributed by atoms with Gasteiger partial charge in [0.25, 0.3) is 0 Å². The van der Waals surface area contributed by atoms with Crippen LogP contribution in [0.15, 0.2) is 23.3 Å². The maximum absolute atomic E-state index is 5.80. The van der Waals surface area contributed by atoms with Crippen molar-refractivity contribution in [3.63, 3.8) is 0 Å². The molecule has 1 atom stereocenters. The summed E-state index contributed by atoms with van der Waals surface area (Å²) < 4.78 is 5.19. The van der Waals surface area contributed by atoms with Crippen LogP contribution in [0.2, 0.25) is 5.15 Å². The van der Waals surface area contributed by atoms with Crippen LogP contribution in [0.1, 0.15) is 18.4 Å². The van der Waals surface area contributed by atoms with Crippen molar-refractivity contribution < 1.29 is 4.74 Å². The molecule has 2 rings (SSSR count). The molecule has 6 nitrogen and oxygen atoms in total. The summed E-state index contributed by atoms with van der Waals surface area (Å²) in [4.78, 5) is 10.9. The number of hydrogen-bond donors (Lipinski definition) is 2. The van der Waals surface area contributed by atoms with Gasteiger partial charge in [-0.2, -0.15) is 0 Å². The Morgan fingerprint density at radius 2 is 2.33 bits per heavy atom. The van der Waals surface area contributed by atoms with Crippen molar-refractivity contribution in [3.8, 4) is 0 Å². The van der Waals surface area contributed by atoms with E-state index in [0.717, 1.165) is 50.7 Å². The first kappa shape index (κ1) is 19.0. The number of pyridine rings is 1. The van der Waals surface area contributed by atoms with Gasteiger partial charge in [0.15, 0.2) is 5.96 Å². The third-order valence-corrected chi connectivity index (χ3v) is 4.53. The van der Waals surface area contributed by atoms with Gasteiger partial charge in [-0.15, -0.1) is 0 Å². The van der Waals surface area contributed by atoms with Crippen molar-refractivity contribution in [2.75, 3.05) is 46.9 Å². The summed E-state index contributed by atoms with van der Waals surface area (Å²) in [6.45, 7) is 4.66. The number of methoxy groups -OCH3 is 1. The maximum Gasteiger partial charge on any atom is 0.191 e. The number of guanidine groups is 1. The molecule has 0 aromatic carbocycles. The van der Waals surface area contributed by atoms with E-state index in [2.05, 4.69) is 25.5 Å². The first-order chi connectivity index (χ1) is 11.7. The van der Waals surface area contributed by atoms with Gasteiger partial charge in [-0.1, -0.05) is 17.7 Å². The van der Waals surface area contributed by atoms with Crippen molar-refractivity contribution in [1.29, 1.82) is 0 Å². The minimum atomic E-state index is 0.527. The maximum atomic E-state index is 5.80. The molecule has 1 saturated heterocycles. The number of aromatic nitrogens is 1. The molecule has 0 spiro atoms. The van der Waals surface area contributed by atoms with Crippen LogP contribution in [0.4, 0.5) is 0 Å². The van der Waals surface area contributed by atoms with Gasteiger partial charge < -0.3 is 15.4 Å². The minimum absolute atomic E-state index is 0.527. The molecule has 2 heterocycles. The number of halogens is 1. The van der Waals surface area contributed by atoms with Crippen molar-refractivity contribution in [2.45, 2.75) is 25.3 Å². The largest absolute Gasteiger partial charge is 0.383 e. The van der Waals surface area contributed by atoms with E-state index < -0.39 is 0 Å². The summed E-state index contributed by atoms with van der Waals surface area (Å²) in [5.41, 5.74) is 1.16. The lowest BCUT2D eigenvalue weighted by molar-refractivity contribution is 0.141. The van der Waals surface area contributed by atoms with Crippen LogP contribution >= 0.6 is 11.6 Å². The normalized spacial score (nSPS) is 18.8. The lowest BCUT2D eigenvalue weighted by atomic mass is 10.2. The molecule has 7 heteroatoms. The van der Waals surface area contributed by atoms with E-state index in [0.29, 0.717) is 11.2 Å². The SMILES string of the molecule is CN=C(NCCc1ccc(Cl)nc1)NCC1CCCN1CCOC. The molecule has 0 amide bonds. The Hall–Kier alpha value is -1.37. The highest BCUT2D eigenvalue weighted by Gasteiger charge is 2.23. The van der Waals surface area contributed by atoms with E-state index in [9.17, 15) is 0 Å². The third kappa shape index (κ3) is 6.26. The van der Waals surface area contributed by atoms with Crippen molar-refractivity contribution in [2.24, 2.45) is 4.99 Å². The molecular formula is C17H28ClN5O. The van der Waals surface area contributed by atoms with Crippen LogP contribution in [0.5, 0.6) is 0 Å². The zero-order chi connectivity index (χ0) is 17.2. The zero-order valence-electron chi connectivity index (χ0n) is 14.6. The second kappa shape index (κ2) is 10.5. The number of likely N-dealkylation sites (tertiary alicyclic amines) is 1. The Balaban J connectivity index is 1.69. The van der Waals surface area contributed by atoms with Gasteiger partial charge in [0.2, 0.25) is 0 Å². The van der Waals surface area contributed by atoms with Crippen LogP contribution in [0, 0.1) is 0 Å². The van der Waals surface area contributed by atoms with Crippen LogP contribution in [-0.4, -0.2) is 68.8 Å². The Labute approximate surface area is 149 Å². The Kier molecular flexibility index (Phi) is 8.28. The number of hydrogen-bond acceptors (Lipinski definition) is 4. The summed E-state index contributed by atoms with van der Waals surface area (Å²) in [5, 5.41) is 7.31. The smallest absolute Gasteiger partial charge is 0.191 e. The summed E-state index contributed by atoms with van der Waals surface area (Å²) in [7, 11) is 3.56. The van der Waals surface area contributed by atoms with Gasteiger partial charge in [0, 0.05) is 46.0 Å². The highest BCUT2D eigenvalue weighted by atomic mass is 35.5. The van der Waals surface area contributed by atoms with Crippen LogP contribution in [0.25, 0.3) is 0 Å². The fourth-order valence-corrected chi connectivity index (χ4v) is 3.06. The van der Waals surface area contributed by atoms with Gasteiger partial charge in [-0.25, -0.2) is 4.98 Å². The van der Waals surface area contributed by atoms with Crippen LogP contribution < -0.4 is 10.6 Å². The van der Waals surface area contributed by atoms with Crippen molar-refractivity contribution >= 4 is 17.6 Å². The topological polar surface area (TPSA) is 61.8 Å². The predicted molar refractivity (Wildman–Crippen MR) is 98.8 cm³/mol. The van der Waals surface area contributed by atoms with Gasteiger partial charge in [-0.05, 0) is 37.4 Å². The first-order valence-corrected chi connectivity index (χ1v) is 8.88. The molecule has 1 aromatic rings. The molecular weight excluding hydrogens is 326 g/mol. The Morgan fingerprint density at radius 1 is 1.46 bits per heavy atom. The second-order valence-corrected chi connectivity index (χ2v) is 6.33. The Bertz CT molecular complexity index is 508. The van der Waals surface area contributed by atoms with Gasteiger partial charge in [-0.3, -0.25) is 9.89 Å². The number of nitrogens with one attached hydrogen (secondary N) is 2. The molecule has 0 aliphatic carbocycles. The minimum Gasteiger partial charge on any atom is -0.383 e. The molecule has 0 radical (unpaired) electrons. The molecule has 1 aliphatic heterocycles. The molecule has 1 fully saturated rings. The van der Waals surface area contributed by atoms with Crippen molar-refractivity contribution in [1.82, 2.24) is 20.5 Å². The number of ether oxygens (including phenoxy) is 1. The molecule has 24 heavy (non-hydrogen) atoms. The summed E-state index contributed by atoms with van der Waals surface area (Å²) in [6, 6.07) is 4.37. The van der Waals surface area contributed by atoms with E-state index in [1.807, 2.05) is 18.3 Å². The molecule has 1 unspecified atom stereocenters. The molecule has 134 valence electrons. The van der Waals surface area contributed by atoms with E-state index in [4.69, 9.17) is 16.3 Å². The molecule has 0 saturated carbocycles. The number of rotatable bonds is 8. The molecule has 2 N–H and O–H groups in total. The fourth-order valence-electron chi connectivity index (χ4n) is 2.94. The standard InChI is InChI=1S/C17H28ClN5O/c1-19-17(20-8-7-14-5-6-16(18)21-12-14)22-13-15-4-3-9-23(15)10-11-24-2/h5-6,12,15H,3-4,7-11,13H2,1-2H3,(H2,19,20,22). The second-order valence-electron chi connectivity index (χ2n) is 5.94. The lowest BCUT2D eigenvalue weighted by Crippen LogP contribution is -2.45. The van der Waals surface area contributed by atoms with Gasteiger partial charge in [0.05, 0.1) is 6.61 Å². The van der Waals surface area contributed by atoms with Crippen molar-refractivity contribution in [3.05, 3.63) is 29.0 Å². The zero-order valence-corrected chi connectivity index (χ0v) is 15.4. The molecule has 1 aliphatic rings. The Morgan fingerprint density at radius 3 is 3.04 bits per heavy atom. The van der Waals surface area contributed by atoms with Gasteiger partial charge in [0.1, 0.15) is 5.15 Å². The average Bonchev–Trinajstić information content (AvgIpc) is 3.05. The van der Waals surface area contributed by atoms with Crippen LogP contribution in [0.3, 0.4) is 0 Å². The predicted octanol–water partition coefficient (Wildman–Crippen LogP) is 1.55. The van der Waals surface area contributed by atoms with E-state index in [1.165, 1.54) is 12.8 Å². The summed E-state index contributed by atoms with van der Waals surface area (Å²) >= 11 is 5.80. The third-order valence-electron chi connectivity index (χ3n) is 4.31. The highest BCUT2D eigenvalue weighted by Crippen LogP contribution is 2.15. The van der Waals surface area contributed by atoms with Crippen LogP contribution in [-0.2, 0) is 11.2 Å². The quantitative estimate of drug-likeness (QED) is 0.422.